The van der Waals surface area contributed by atoms with Crippen LogP contribution >= 0.6 is 0 Å². The molecule has 0 amide bonds. The van der Waals surface area contributed by atoms with Gasteiger partial charge in [-0.05, 0) is 26.7 Å². The fourth-order valence-electron chi connectivity index (χ4n) is 2.37. The molecule has 3 rings (SSSR count). The number of nitrogens with one attached hydrogen (secondary N) is 1. The molecule has 1 saturated heterocycles. The first-order chi connectivity index (χ1) is 8.74. The van der Waals surface area contributed by atoms with E-state index in [0.29, 0.717) is 12.1 Å². The summed E-state index contributed by atoms with van der Waals surface area (Å²) in [7, 11) is 0. The fraction of sp³-hybridized carbons (Fsp3) is 0.583. The van der Waals surface area contributed by atoms with Crippen LogP contribution in [0.3, 0.4) is 0 Å². The van der Waals surface area contributed by atoms with Crippen LogP contribution < -0.4 is 5.32 Å². The van der Waals surface area contributed by atoms with Crippen molar-refractivity contribution in [2.24, 2.45) is 0 Å². The smallest absolute Gasteiger partial charge is 0.203 e. The Morgan fingerprint density at radius 2 is 2.33 bits per heavy atom. The van der Waals surface area contributed by atoms with Gasteiger partial charge in [0, 0.05) is 25.0 Å². The highest BCUT2D eigenvalue weighted by molar-refractivity contribution is 5.62. The molecule has 0 spiro atoms. The maximum Gasteiger partial charge on any atom is 0.203 e. The third-order valence-corrected chi connectivity index (χ3v) is 3.32. The molecule has 0 radical (unpaired) electrons. The van der Waals surface area contributed by atoms with E-state index in [1.807, 2.05) is 17.5 Å². The lowest BCUT2D eigenvalue weighted by molar-refractivity contribution is 0.0232. The van der Waals surface area contributed by atoms with E-state index >= 15 is 0 Å². The minimum atomic E-state index is 0.301. The summed E-state index contributed by atoms with van der Waals surface area (Å²) in [5.41, 5.74) is 0.786. The molecule has 6 heteroatoms. The Balaban J connectivity index is 1.86. The van der Waals surface area contributed by atoms with E-state index in [0.717, 1.165) is 36.7 Å². The van der Waals surface area contributed by atoms with Crippen LogP contribution in [0.2, 0.25) is 0 Å². The number of rotatable bonds is 2. The van der Waals surface area contributed by atoms with Crippen LogP contribution in [0.4, 0.5) is 5.82 Å². The fourth-order valence-corrected chi connectivity index (χ4v) is 2.37. The maximum absolute atomic E-state index is 5.54. The molecule has 18 heavy (non-hydrogen) atoms. The van der Waals surface area contributed by atoms with Gasteiger partial charge in [0.1, 0.15) is 5.82 Å². The topological polar surface area (TPSA) is 64.3 Å². The van der Waals surface area contributed by atoms with Gasteiger partial charge in [-0.3, -0.25) is 4.40 Å². The SMILES string of the molecule is Cc1nnc2c(NC3CCOC(C)C3)nccn12. The molecule has 2 unspecified atom stereocenters. The van der Waals surface area contributed by atoms with Crippen molar-refractivity contribution in [3.8, 4) is 0 Å². The predicted molar refractivity (Wildman–Crippen MR) is 67.6 cm³/mol. The van der Waals surface area contributed by atoms with Gasteiger partial charge in [0.2, 0.25) is 5.65 Å². The van der Waals surface area contributed by atoms with Gasteiger partial charge in [-0.25, -0.2) is 4.98 Å². The second-order valence-corrected chi connectivity index (χ2v) is 4.76. The van der Waals surface area contributed by atoms with Crippen molar-refractivity contribution in [1.29, 1.82) is 0 Å². The number of aryl methyl sites for hydroxylation is 1. The summed E-state index contributed by atoms with van der Waals surface area (Å²) in [6.07, 6.45) is 5.95. The predicted octanol–water partition coefficient (Wildman–Crippen LogP) is 1.41. The van der Waals surface area contributed by atoms with Gasteiger partial charge in [-0.2, -0.15) is 0 Å². The van der Waals surface area contributed by atoms with E-state index < -0.39 is 0 Å². The average molecular weight is 247 g/mol. The number of hydrogen-bond donors (Lipinski definition) is 1. The number of fused-ring (bicyclic) bond motifs is 1. The van der Waals surface area contributed by atoms with Gasteiger partial charge in [0.15, 0.2) is 5.82 Å². The van der Waals surface area contributed by atoms with Gasteiger partial charge in [0.25, 0.3) is 0 Å². The Morgan fingerprint density at radius 1 is 1.44 bits per heavy atom. The lowest BCUT2D eigenvalue weighted by atomic mass is 10.0. The third kappa shape index (κ3) is 2.03. The van der Waals surface area contributed by atoms with Crippen LogP contribution in [0, 0.1) is 6.92 Å². The Bertz CT molecular complexity index is 552. The highest BCUT2D eigenvalue weighted by Gasteiger charge is 2.20. The van der Waals surface area contributed by atoms with Crippen LogP contribution in [-0.4, -0.2) is 38.3 Å². The average Bonchev–Trinajstić information content (AvgIpc) is 2.73. The standard InChI is InChI=1S/C12H17N5O/c1-8-7-10(3-6-18-8)14-11-12-16-15-9(2)17(12)5-4-13-11/h4-5,8,10H,3,6-7H2,1-2H3,(H,13,14). The quantitative estimate of drug-likeness (QED) is 0.869. The number of ether oxygens (including phenoxy) is 1. The van der Waals surface area contributed by atoms with Gasteiger partial charge in [0.05, 0.1) is 6.10 Å². The molecule has 0 bridgehead atoms. The second-order valence-electron chi connectivity index (χ2n) is 4.76. The summed E-state index contributed by atoms with van der Waals surface area (Å²) in [6, 6.07) is 0.393. The van der Waals surface area contributed by atoms with Crippen molar-refractivity contribution >= 4 is 11.5 Å². The summed E-state index contributed by atoms with van der Waals surface area (Å²) in [4.78, 5) is 4.36. The minimum absolute atomic E-state index is 0.301. The first-order valence-electron chi connectivity index (χ1n) is 6.28. The molecule has 2 aromatic rings. The van der Waals surface area contributed by atoms with E-state index in [9.17, 15) is 0 Å². The molecular formula is C12H17N5O. The minimum Gasteiger partial charge on any atom is -0.378 e. The summed E-state index contributed by atoms with van der Waals surface area (Å²) < 4.78 is 7.49. The molecule has 0 aliphatic carbocycles. The monoisotopic (exact) mass is 247 g/mol. The zero-order chi connectivity index (χ0) is 12.5. The Morgan fingerprint density at radius 3 is 3.17 bits per heavy atom. The third-order valence-electron chi connectivity index (χ3n) is 3.32. The van der Waals surface area contributed by atoms with E-state index in [-0.39, 0.29) is 0 Å². The van der Waals surface area contributed by atoms with E-state index in [1.54, 1.807) is 6.20 Å². The van der Waals surface area contributed by atoms with Crippen LogP contribution in [0.25, 0.3) is 5.65 Å². The normalized spacial score (nSPS) is 24.3. The first-order valence-corrected chi connectivity index (χ1v) is 6.28. The lowest BCUT2D eigenvalue weighted by Crippen LogP contribution is -2.32. The van der Waals surface area contributed by atoms with E-state index in [4.69, 9.17) is 4.74 Å². The van der Waals surface area contributed by atoms with Gasteiger partial charge < -0.3 is 10.1 Å². The van der Waals surface area contributed by atoms with Gasteiger partial charge in [-0.1, -0.05) is 0 Å². The highest BCUT2D eigenvalue weighted by atomic mass is 16.5. The van der Waals surface area contributed by atoms with Crippen LogP contribution in [-0.2, 0) is 4.74 Å². The van der Waals surface area contributed by atoms with E-state index in [2.05, 4.69) is 27.4 Å². The molecule has 0 aromatic carbocycles. The molecule has 1 fully saturated rings. The molecule has 6 nitrogen and oxygen atoms in total. The van der Waals surface area contributed by atoms with Crippen molar-refractivity contribution in [2.45, 2.75) is 38.8 Å². The van der Waals surface area contributed by atoms with Crippen molar-refractivity contribution in [3.05, 3.63) is 18.2 Å². The van der Waals surface area contributed by atoms with Crippen molar-refractivity contribution in [2.75, 3.05) is 11.9 Å². The molecule has 1 aliphatic rings. The van der Waals surface area contributed by atoms with E-state index in [1.165, 1.54) is 0 Å². The number of nitrogens with zero attached hydrogens (tertiary/aromatic N) is 4. The number of hydrogen-bond acceptors (Lipinski definition) is 5. The lowest BCUT2D eigenvalue weighted by Gasteiger charge is -2.28. The number of aromatic nitrogens is 4. The van der Waals surface area contributed by atoms with Crippen LogP contribution in [0.1, 0.15) is 25.6 Å². The molecule has 3 heterocycles. The summed E-state index contributed by atoms with van der Waals surface area (Å²) in [5.74, 6) is 1.67. The summed E-state index contributed by atoms with van der Waals surface area (Å²) in [5, 5.41) is 11.7. The van der Waals surface area contributed by atoms with Gasteiger partial charge in [-0.15, -0.1) is 10.2 Å². The molecule has 2 aromatic heterocycles. The Labute approximate surface area is 105 Å². The van der Waals surface area contributed by atoms with Gasteiger partial charge >= 0.3 is 0 Å². The first kappa shape index (κ1) is 11.4. The Hall–Kier alpha value is -1.69. The molecule has 2 atom stereocenters. The summed E-state index contributed by atoms with van der Waals surface area (Å²) in [6.45, 7) is 4.83. The van der Waals surface area contributed by atoms with Crippen LogP contribution in [0.15, 0.2) is 12.4 Å². The number of anilines is 1. The Kier molecular flexibility index (Phi) is 2.87. The van der Waals surface area contributed by atoms with Crippen molar-refractivity contribution in [3.63, 3.8) is 0 Å². The zero-order valence-electron chi connectivity index (χ0n) is 10.6. The second kappa shape index (κ2) is 4.53. The van der Waals surface area contributed by atoms with Crippen LogP contribution in [0.5, 0.6) is 0 Å². The molecule has 0 saturated carbocycles. The largest absolute Gasteiger partial charge is 0.378 e. The summed E-state index contributed by atoms with van der Waals surface area (Å²) >= 11 is 0. The van der Waals surface area contributed by atoms with Crippen molar-refractivity contribution in [1.82, 2.24) is 19.6 Å². The highest BCUT2D eigenvalue weighted by Crippen LogP contribution is 2.19. The molecule has 1 aliphatic heterocycles. The maximum atomic E-state index is 5.54. The van der Waals surface area contributed by atoms with Crippen molar-refractivity contribution < 1.29 is 4.74 Å². The molecular weight excluding hydrogens is 230 g/mol. The molecule has 1 N–H and O–H groups in total. The zero-order valence-corrected chi connectivity index (χ0v) is 10.6. The molecule has 96 valence electrons.